The Labute approximate surface area is 50.4 Å². The third-order valence-electron chi connectivity index (χ3n) is 0.647. The fourth-order valence-electron chi connectivity index (χ4n) is 0.224. The van der Waals surface area contributed by atoms with Crippen molar-refractivity contribution < 1.29 is 19.4 Å². The molecule has 0 aliphatic carbocycles. The average molecular weight is 179 g/mol. The molecule has 0 spiro atoms. The Bertz CT molecular complexity index is 26.7. The van der Waals surface area contributed by atoms with Gasteiger partial charge in [-0.3, -0.25) is 0 Å². The molecule has 0 aromatic carbocycles. The molecule has 41 valence electrons. The SMILES string of the molecule is CC[N]([Pd])CC. The Balaban J connectivity index is 2.75. The summed E-state index contributed by atoms with van der Waals surface area (Å²) in [5.74, 6) is 0. The molecule has 0 fully saturated rings. The maximum absolute atomic E-state index is 3.07. The first kappa shape index (κ1) is 6.62. The predicted molar refractivity (Wildman–Crippen MR) is 22.9 cm³/mol. The topological polar surface area (TPSA) is 3.24 Å². The molecule has 0 atom stereocenters. The molecule has 0 aromatic rings. The summed E-state index contributed by atoms with van der Waals surface area (Å²) in [6.45, 7) is 6.43. The van der Waals surface area contributed by atoms with E-state index in [0.29, 0.717) is 0 Å². The first-order valence-electron chi connectivity index (χ1n) is 2.19. The minimum absolute atomic E-state index is 1.10. The van der Waals surface area contributed by atoms with E-state index >= 15 is 0 Å². The molecule has 0 heterocycles. The van der Waals surface area contributed by atoms with Crippen molar-refractivity contribution in [2.24, 2.45) is 0 Å². The van der Waals surface area contributed by atoms with Crippen molar-refractivity contribution in [2.45, 2.75) is 13.8 Å². The van der Waals surface area contributed by atoms with E-state index in [2.05, 4.69) is 36.8 Å². The Hall–Kier alpha value is 0.622. The molecule has 6 heavy (non-hydrogen) atoms. The number of rotatable bonds is 2. The van der Waals surface area contributed by atoms with Crippen LogP contribution in [0.1, 0.15) is 13.8 Å². The van der Waals surface area contributed by atoms with E-state index in [1.54, 1.807) is 0 Å². The van der Waals surface area contributed by atoms with Crippen molar-refractivity contribution in [1.82, 2.24) is 3.53 Å². The maximum atomic E-state index is 3.07. The molecule has 0 rings (SSSR count). The van der Waals surface area contributed by atoms with Crippen molar-refractivity contribution in [1.29, 1.82) is 0 Å². The molecule has 0 bridgehead atoms. The normalized spacial score (nSPS) is 10.2. The van der Waals surface area contributed by atoms with Crippen LogP contribution in [0.15, 0.2) is 0 Å². The zero-order chi connectivity index (χ0) is 4.99. The number of hydrogen-bond donors (Lipinski definition) is 0. The van der Waals surface area contributed by atoms with Gasteiger partial charge in [-0.05, 0) is 0 Å². The van der Waals surface area contributed by atoms with Crippen LogP contribution >= 0.6 is 0 Å². The Morgan fingerprint density at radius 1 is 1.33 bits per heavy atom. The Morgan fingerprint density at radius 3 is 1.67 bits per heavy atom. The second-order valence-electron chi connectivity index (χ2n) is 1.06. The molecule has 0 aliphatic heterocycles. The quantitative estimate of drug-likeness (QED) is 0.565. The molecule has 0 saturated carbocycles. The van der Waals surface area contributed by atoms with Crippen LogP contribution in [0.5, 0.6) is 0 Å². The van der Waals surface area contributed by atoms with Crippen LogP contribution in [0.4, 0.5) is 0 Å². The second kappa shape index (κ2) is 3.80. The van der Waals surface area contributed by atoms with Gasteiger partial charge in [0.25, 0.3) is 0 Å². The molecule has 0 N–H and O–H groups in total. The van der Waals surface area contributed by atoms with Crippen molar-refractivity contribution in [2.75, 3.05) is 13.1 Å². The van der Waals surface area contributed by atoms with E-state index in [0.717, 1.165) is 13.1 Å². The van der Waals surface area contributed by atoms with Crippen LogP contribution in [-0.4, -0.2) is 16.6 Å². The summed E-state index contributed by atoms with van der Waals surface area (Å²) in [5.41, 5.74) is 0. The van der Waals surface area contributed by atoms with E-state index in [4.69, 9.17) is 0 Å². The van der Waals surface area contributed by atoms with E-state index in [1.165, 1.54) is 0 Å². The van der Waals surface area contributed by atoms with Crippen molar-refractivity contribution in [3.63, 3.8) is 0 Å². The van der Waals surface area contributed by atoms with Crippen LogP contribution < -0.4 is 0 Å². The summed E-state index contributed by atoms with van der Waals surface area (Å²) in [6, 6.07) is 0. The Morgan fingerprint density at radius 2 is 1.67 bits per heavy atom. The number of nitrogens with zero attached hydrogens (tertiary/aromatic N) is 1. The number of hydrogen-bond acceptors (Lipinski definition) is 1. The summed E-state index contributed by atoms with van der Waals surface area (Å²) in [4.78, 5) is 0. The third kappa shape index (κ3) is 2.84. The molecule has 0 amide bonds. The fourth-order valence-corrected chi connectivity index (χ4v) is 0.224. The van der Waals surface area contributed by atoms with Gasteiger partial charge >= 0.3 is 49.9 Å². The van der Waals surface area contributed by atoms with Gasteiger partial charge in [0, 0.05) is 0 Å². The zero-order valence-corrected chi connectivity index (χ0v) is 5.73. The van der Waals surface area contributed by atoms with Crippen LogP contribution in [0.2, 0.25) is 0 Å². The third-order valence-corrected chi connectivity index (χ3v) is 1.63. The van der Waals surface area contributed by atoms with E-state index in [1.807, 2.05) is 0 Å². The van der Waals surface area contributed by atoms with Crippen molar-refractivity contribution in [3.05, 3.63) is 0 Å². The summed E-state index contributed by atoms with van der Waals surface area (Å²) >= 11 is 3.07. The van der Waals surface area contributed by atoms with Gasteiger partial charge in [-0.2, -0.15) is 0 Å². The summed E-state index contributed by atoms with van der Waals surface area (Å²) in [7, 11) is 0. The molecular formula is C4H10NPd. The first-order valence-corrected chi connectivity index (χ1v) is 2.88. The van der Waals surface area contributed by atoms with Gasteiger partial charge in [0.05, 0.1) is 0 Å². The summed E-state index contributed by atoms with van der Waals surface area (Å²) in [6.07, 6.45) is 0. The zero-order valence-electron chi connectivity index (χ0n) is 4.18. The molecule has 0 radical (unpaired) electrons. The van der Waals surface area contributed by atoms with Gasteiger partial charge < -0.3 is 0 Å². The van der Waals surface area contributed by atoms with Gasteiger partial charge in [-0.15, -0.1) is 0 Å². The molecule has 0 aliphatic rings. The van der Waals surface area contributed by atoms with E-state index in [9.17, 15) is 0 Å². The standard InChI is InChI=1S/C4H10N.Pd/c1-3-5-4-2;/h3-4H2,1-2H3;/q-1;+1. The van der Waals surface area contributed by atoms with Crippen LogP contribution in [-0.2, 0) is 19.4 Å². The minimum atomic E-state index is 1.10. The van der Waals surface area contributed by atoms with Gasteiger partial charge in [-0.1, -0.05) is 0 Å². The van der Waals surface area contributed by atoms with E-state index in [-0.39, 0.29) is 0 Å². The van der Waals surface area contributed by atoms with Crippen LogP contribution in [0.25, 0.3) is 0 Å². The molecular weight excluding hydrogens is 168 g/mol. The first-order chi connectivity index (χ1) is 2.81. The monoisotopic (exact) mass is 178 g/mol. The van der Waals surface area contributed by atoms with Crippen molar-refractivity contribution in [3.8, 4) is 0 Å². The van der Waals surface area contributed by atoms with Crippen molar-refractivity contribution >= 4 is 0 Å². The molecule has 2 heteroatoms. The van der Waals surface area contributed by atoms with E-state index < -0.39 is 0 Å². The molecule has 0 unspecified atom stereocenters. The van der Waals surface area contributed by atoms with Crippen LogP contribution in [0.3, 0.4) is 0 Å². The molecule has 0 aromatic heterocycles. The molecule has 0 saturated heterocycles. The van der Waals surface area contributed by atoms with Gasteiger partial charge in [0.2, 0.25) is 0 Å². The van der Waals surface area contributed by atoms with Gasteiger partial charge in [-0.25, -0.2) is 0 Å². The predicted octanol–water partition coefficient (Wildman–Crippen LogP) is 0.790. The summed E-state index contributed by atoms with van der Waals surface area (Å²) in [5, 5.41) is 0. The average Bonchev–Trinajstić information content (AvgIpc) is 1.65. The van der Waals surface area contributed by atoms with Gasteiger partial charge in [0.1, 0.15) is 0 Å². The Kier molecular flexibility index (Phi) is 4.19. The van der Waals surface area contributed by atoms with Gasteiger partial charge in [0.15, 0.2) is 0 Å². The molecule has 1 nitrogen and oxygen atoms in total. The summed E-state index contributed by atoms with van der Waals surface area (Å²) < 4.78 is 2.10. The second-order valence-corrected chi connectivity index (χ2v) is 2.04. The van der Waals surface area contributed by atoms with Crippen LogP contribution in [0, 0.1) is 0 Å². The fraction of sp³-hybridized carbons (Fsp3) is 1.00.